The molecule has 0 aliphatic rings. The molecular formula is C14H17N3O5S2. The average molecular weight is 371 g/mol. The molecule has 2 aromatic rings. The molecule has 1 amide bonds. The molecule has 130 valence electrons. The first-order valence-corrected chi connectivity index (χ1v) is 9.39. The number of carbonyl (C=O) groups excluding carboxylic acids is 1. The summed E-state index contributed by atoms with van der Waals surface area (Å²) in [5.41, 5.74) is 0.719. The molecule has 0 saturated carbocycles. The van der Waals surface area contributed by atoms with Gasteiger partial charge < -0.3 is 14.8 Å². The molecular weight excluding hydrogens is 354 g/mol. The van der Waals surface area contributed by atoms with Crippen LogP contribution >= 0.6 is 11.5 Å². The van der Waals surface area contributed by atoms with Crippen molar-refractivity contribution in [3.8, 4) is 11.5 Å². The van der Waals surface area contributed by atoms with Gasteiger partial charge in [-0.15, -0.1) is 0 Å². The SMILES string of the molecule is CCS(=O)(=O)c1nsc(NC(=O)Cc2ccc(OC)c(OC)c2)n1. The van der Waals surface area contributed by atoms with Crippen LogP contribution in [0.15, 0.2) is 23.4 Å². The summed E-state index contributed by atoms with van der Waals surface area (Å²) >= 11 is 0.827. The van der Waals surface area contributed by atoms with E-state index in [0.717, 1.165) is 17.1 Å². The third-order valence-electron chi connectivity index (χ3n) is 3.12. The Bertz CT molecular complexity index is 833. The first-order chi connectivity index (χ1) is 11.4. The van der Waals surface area contributed by atoms with Crippen molar-refractivity contribution in [3.05, 3.63) is 23.8 Å². The second-order valence-corrected chi connectivity index (χ2v) is 7.62. The first-order valence-electron chi connectivity index (χ1n) is 6.96. The van der Waals surface area contributed by atoms with Crippen LogP contribution in [0.4, 0.5) is 5.13 Å². The molecule has 0 saturated heterocycles. The van der Waals surface area contributed by atoms with Crippen molar-refractivity contribution in [1.82, 2.24) is 9.36 Å². The van der Waals surface area contributed by atoms with Crippen molar-refractivity contribution in [1.29, 1.82) is 0 Å². The monoisotopic (exact) mass is 371 g/mol. The summed E-state index contributed by atoms with van der Waals surface area (Å²) in [4.78, 5) is 15.9. The fourth-order valence-electron chi connectivity index (χ4n) is 1.86. The van der Waals surface area contributed by atoms with Crippen LogP contribution in [0.2, 0.25) is 0 Å². The maximum atomic E-state index is 12.1. The van der Waals surface area contributed by atoms with Crippen LogP contribution in [0.1, 0.15) is 12.5 Å². The zero-order valence-electron chi connectivity index (χ0n) is 13.4. The normalized spacial score (nSPS) is 11.1. The van der Waals surface area contributed by atoms with E-state index in [1.165, 1.54) is 21.1 Å². The quantitative estimate of drug-likeness (QED) is 0.786. The number of methoxy groups -OCH3 is 2. The molecule has 1 N–H and O–H groups in total. The maximum absolute atomic E-state index is 12.1. The number of carbonyl (C=O) groups is 1. The standard InChI is InChI=1S/C14H17N3O5S2/c1-4-24(19,20)14-16-13(23-17-14)15-12(18)8-9-5-6-10(21-2)11(7-9)22-3/h5-7H,4,8H2,1-3H3,(H,15,16,17,18). The third-order valence-corrected chi connectivity index (χ3v) is 5.37. The Hall–Kier alpha value is -2.20. The Kier molecular flexibility index (Phi) is 5.73. The molecule has 0 fully saturated rings. The number of nitrogens with one attached hydrogen (secondary N) is 1. The summed E-state index contributed by atoms with van der Waals surface area (Å²) < 4.78 is 37.4. The highest BCUT2D eigenvalue weighted by Gasteiger charge is 2.19. The van der Waals surface area contributed by atoms with Gasteiger partial charge in [0.05, 0.1) is 26.4 Å². The highest BCUT2D eigenvalue weighted by Crippen LogP contribution is 2.27. The molecule has 0 radical (unpaired) electrons. The average Bonchev–Trinajstić information content (AvgIpc) is 3.03. The van der Waals surface area contributed by atoms with Crippen molar-refractivity contribution in [2.45, 2.75) is 18.5 Å². The maximum Gasteiger partial charge on any atom is 0.260 e. The predicted octanol–water partition coefficient (Wildman–Crippen LogP) is 1.53. The van der Waals surface area contributed by atoms with Crippen molar-refractivity contribution in [2.75, 3.05) is 25.3 Å². The zero-order chi connectivity index (χ0) is 17.7. The molecule has 2 rings (SSSR count). The van der Waals surface area contributed by atoms with E-state index in [1.807, 2.05) is 0 Å². The van der Waals surface area contributed by atoms with E-state index < -0.39 is 9.84 Å². The van der Waals surface area contributed by atoms with Crippen LogP contribution in [0.25, 0.3) is 0 Å². The molecule has 0 aliphatic heterocycles. The van der Waals surface area contributed by atoms with Crippen LogP contribution < -0.4 is 14.8 Å². The molecule has 10 heteroatoms. The van der Waals surface area contributed by atoms with Crippen LogP contribution in [-0.4, -0.2) is 43.7 Å². The van der Waals surface area contributed by atoms with Crippen LogP contribution in [0.3, 0.4) is 0 Å². The van der Waals surface area contributed by atoms with E-state index in [1.54, 1.807) is 18.2 Å². The van der Waals surface area contributed by atoms with E-state index in [2.05, 4.69) is 14.7 Å². The smallest absolute Gasteiger partial charge is 0.260 e. The molecule has 0 aliphatic carbocycles. The van der Waals surface area contributed by atoms with Crippen LogP contribution in [0, 0.1) is 0 Å². The lowest BCUT2D eigenvalue weighted by Gasteiger charge is -2.09. The second kappa shape index (κ2) is 7.58. The molecule has 0 atom stereocenters. The first kappa shape index (κ1) is 18.1. The van der Waals surface area contributed by atoms with E-state index in [4.69, 9.17) is 9.47 Å². The summed E-state index contributed by atoms with van der Waals surface area (Å²) in [5.74, 6) is 0.664. The van der Waals surface area contributed by atoms with Crippen LogP contribution in [0.5, 0.6) is 11.5 Å². The number of sulfone groups is 1. The number of rotatable bonds is 7. The molecule has 1 aromatic carbocycles. The third kappa shape index (κ3) is 4.20. The van der Waals surface area contributed by atoms with Gasteiger partial charge in [-0.2, -0.15) is 9.36 Å². The Labute approximate surface area is 143 Å². The Morgan fingerprint density at radius 2 is 1.96 bits per heavy atom. The minimum Gasteiger partial charge on any atom is -0.493 e. The van der Waals surface area contributed by atoms with Gasteiger partial charge >= 0.3 is 0 Å². The van der Waals surface area contributed by atoms with Gasteiger partial charge in [-0.3, -0.25) is 4.79 Å². The number of amides is 1. The fraction of sp³-hybridized carbons (Fsp3) is 0.357. The summed E-state index contributed by atoms with van der Waals surface area (Å²) in [6.45, 7) is 1.51. The lowest BCUT2D eigenvalue weighted by molar-refractivity contribution is -0.115. The minimum atomic E-state index is -3.48. The van der Waals surface area contributed by atoms with Crippen molar-refractivity contribution in [3.63, 3.8) is 0 Å². The number of nitrogens with zero attached hydrogens (tertiary/aromatic N) is 2. The topological polar surface area (TPSA) is 107 Å². The number of benzene rings is 1. The molecule has 8 nitrogen and oxygen atoms in total. The van der Waals surface area contributed by atoms with Gasteiger partial charge in [-0.25, -0.2) is 8.42 Å². The largest absolute Gasteiger partial charge is 0.493 e. The predicted molar refractivity (Wildman–Crippen MR) is 89.5 cm³/mol. The van der Waals surface area contributed by atoms with Gasteiger partial charge in [0.15, 0.2) is 11.5 Å². The van der Waals surface area contributed by atoms with Crippen molar-refractivity contribution >= 4 is 32.4 Å². The van der Waals surface area contributed by atoms with Gasteiger partial charge in [0.1, 0.15) is 0 Å². The van der Waals surface area contributed by atoms with Gasteiger partial charge in [0.2, 0.25) is 20.9 Å². The van der Waals surface area contributed by atoms with Crippen LogP contribution in [-0.2, 0) is 21.1 Å². The summed E-state index contributed by atoms with van der Waals surface area (Å²) in [7, 11) is -0.440. The molecule has 0 unspecified atom stereocenters. The Balaban J connectivity index is 2.06. The van der Waals surface area contributed by atoms with Gasteiger partial charge in [0.25, 0.3) is 5.16 Å². The highest BCUT2D eigenvalue weighted by atomic mass is 32.2. The van der Waals surface area contributed by atoms with E-state index in [9.17, 15) is 13.2 Å². The minimum absolute atomic E-state index is 0.0792. The van der Waals surface area contributed by atoms with E-state index in [0.29, 0.717) is 11.5 Å². The summed E-state index contributed by atoms with van der Waals surface area (Å²) in [6.07, 6.45) is 0.0792. The molecule has 0 bridgehead atoms. The zero-order valence-corrected chi connectivity index (χ0v) is 15.0. The lowest BCUT2D eigenvalue weighted by Crippen LogP contribution is -2.14. The molecule has 0 spiro atoms. The number of ether oxygens (including phenoxy) is 2. The van der Waals surface area contributed by atoms with Crippen molar-refractivity contribution < 1.29 is 22.7 Å². The number of hydrogen-bond donors (Lipinski definition) is 1. The van der Waals surface area contributed by atoms with Crippen molar-refractivity contribution in [2.24, 2.45) is 0 Å². The fourth-order valence-corrected chi connectivity index (χ4v) is 3.46. The van der Waals surface area contributed by atoms with Gasteiger partial charge in [-0.1, -0.05) is 13.0 Å². The molecule has 1 aromatic heterocycles. The van der Waals surface area contributed by atoms with Gasteiger partial charge in [-0.05, 0) is 17.7 Å². The Morgan fingerprint density at radius 1 is 1.25 bits per heavy atom. The lowest BCUT2D eigenvalue weighted by atomic mass is 10.1. The number of aromatic nitrogens is 2. The summed E-state index contributed by atoms with van der Waals surface area (Å²) in [5, 5.41) is 2.42. The van der Waals surface area contributed by atoms with E-state index in [-0.39, 0.29) is 28.4 Å². The number of anilines is 1. The molecule has 24 heavy (non-hydrogen) atoms. The highest BCUT2D eigenvalue weighted by molar-refractivity contribution is 7.91. The summed E-state index contributed by atoms with van der Waals surface area (Å²) in [6, 6.07) is 5.15. The number of hydrogen-bond acceptors (Lipinski definition) is 8. The second-order valence-electron chi connectivity index (χ2n) is 4.70. The Morgan fingerprint density at radius 3 is 2.58 bits per heavy atom. The molecule has 1 heterocycles. The van der Waals surface area contributed by atoms with Gasteiger partial charge in [0, 0.05) is 11.5 Å². The van der Waals surface area contributed by atoms with E-state index >= 15 is 0 Å².